The Kier molecular flexibility index (Phi) is 6.20. The highest BCUT2D eigenvalue weighted by Gasteiger charge is 2.18. The number of benzene rings is 2. The van der Waals surface area contributed by atoms with Gasteiger partial charge in [0.05, 0.1) is 13.2 Å². The summed E-state index contributed by atoms with van der Waals surface area (Å²) < 4.78 is 27.0. The number of hydrogen-bond donors (Lipinski definition) is 0. The summed E-state index contributed by atoms with van der Waals surface area (Å²) in [5, 5.41) is 0.533. The van der Waals surface area contributed by atoms with E-state index in [0.717, 1.165) is 5.56 Å². The van der Waals surface area contributed by atoms with E-state index in [0.29, 0.717) is 41.0 Å². The van der Waals surface area contributed by atoms with Crippen molar-refractivity contribution in [2.75, 3.05) is 20.0 Å². The molecular formula is C19H19ClO6. The summed E-state index contributed by atoms with van der Waals surface area (Å²) in [7, 11) is 0. The molecule has 0 amide bonds. The molecule has 2 aromatic carbocycles. The monoisotopic (exact) mass is 378 g/mol. The molecule has 0 aromatic heterocycles. The lowest BCUT2D eigenvalue weighted by Crippen LogP contribution is -2.17. The van der Waals surface area contributed by atoms with Crippen LogP contribution in [0.4, 0.5) is 0 Å². The fourth-order valence-electron chi connectivity index (χ4n) is 2.54. The minimum absolute atomic E-state index is 0.0399. The number of fused-ring (bicyclic) bond motifs is 1. The van der Waals surface area contributed by atoms with Crippen molar-refractivity contribution in [3.8, 4) is 17.2 Å². The molecule has 138 valence electrons. The van der Waals surface area contributed by atoms with Crippen LogP contribution in [0.2, 0.25) is 5.02 Å². The van der Waals surface area contributed by atoms with Gasteiger partial charge in [0.25, 0.3) is 0 Å². The minimum Gasteiger partial charge on any atom is -0.490 e. The second-order valence-corrected chi connectivity index (χ2v) is 5.93. The van der Waals surface area contributed by atoms with Crippen molar-refractivity contribution in [2.45, 2.75) is 20.1 Å². The number of halogens is 1. The molecule has 0 saturated heterocycles. The van der Waals surface area contributed by atoms with Gasteiger partial charge >= 0.3 is 5.97 Å². The summed E-state index contributed by atoms with van der Waals surface area (Å²) in [4.78, 5) is 12.0. The number of carbonyl (C=O) groups is 1. The highest BCUT2D eigenvalue weighted by Crippen LogP contribution is 2.32. The third-order valence-corrected chi connectivity index (χ3v) is 3.85. The Morgan fingerprint density at radius 3 is 2.73 bits per heavy atom. The minimum atomic E-state index is -0.503. The summed E-state index contributed by atoms with van der Waals surface area (Å²) in [6.45, 7) is 2.77. The van der Waals surface area contributed by atoms with Gasteiger partial charge in [-0.15, -0.1) is 0 Å². The van der Waals surface area contributed by atoms with Crippen LogP contribution in [-0.4, -0.2) is 26.0 Å². The molecule has 26 heavy (non-hydrogen) atoms. The predicted molar refractivity (Wildman–Crippen MR) is 94.6 cm³/mol. The number of ether oxygens (including phenoxy) is 5. The van der Waals surface area contributed by atoms with Gasteiger partial charge in [-0.25, -0.2) is 4.79 Å². The maximum Gasteiger partial charge on any atom is 0.344 e. The van der Waals surface area contributed by atoms with Crippen molar-refractivity contribution in [2.24, 2.45) is 0 Å². The topological polar surface area (TPSA) is 63.2 Å². The van der Waals surface area contributed by atoms with Crippen LogP contribution in [0.1, 0.15) is 18.1 Å². The van der Waals surface area contributed by atoms with E-state index in [-0.39, 0.29) is 20.0 Å². The smallest absolute Gasteiger partial charge is 0.344 e. The predicted octanol–water partition coefficient (Wildman–Crippen LogP) is 3.73. The van der Waals surface area contributed by atoms with Gasteiger partial charge in [0.15, 0.2) is 24.9 Å². The van der Waals surface area contributed by atoms with Crippen LogP contribution in [-0.2, 0) is 27.5 Å². The highest BCUT2D eigenvalue weighted by atomic mass is 35.5. The van der Waals surface area contributed by atoms with E-state index in [9.17, 15) is 4.79 Å². The number of esters is 1. The molecule has 1 aliphatic heterocycles. The molecule has 0 atom stereocenters. The number of rotatable bonds is 7. The molecule has 0 bridgehead atoms. The van der Waals surface area contributed by atoms with E-state index in [1.165, 1.54) is 0 Å². The molecule has 0 fully saturated rings. The Balaban J connectivity index is 1.58. The van der Waals surface area contributed by atoms with E-state index in [1.54, 1.807) is 30.3 Å². The quantitative estimate of drug-likeness (QED) is 0.684. The highest BCUT2D eigenvalue weighted by molar-refractivity contribution is 6.30. The first-order valence-corrected chi connectivity index (χ1v) is 8.57. The van der Waals surface area contributed by atoms with Crippen LogP contribution in [0.15, 0.2) is 36.4 Å². The first-order chi connectivity index (χ1) is 12.7. The summed E-state index contributed by atoms with van der Waals surface area (Å²) in [6.07, 6.45) is 0. The van der Waals surface area contributed by atoms with Crippen LogP contribution >= 0.6 is 11.6 Å². The fraction of sp³-hybridized carbons (Fsp3) is 0.316. The zero-order valence-corrected chi connectivity index (χ0v) is 15.1. The Morgan fingerprint density at radius 1 is 1.19 bits per heavy atom. The van der Waals surface area contributed by atoms with Crippen molar-refractivity contribution in [1.82, 2.24) is 0 Å². The molecule has 2 aromatic rings. The van der Waals surface area contributed by atoms with Crippen molar-refractivity contribution in [1.29, 1.82) is 0 Å². The second-order valence-electron chi connectivity index (χ2n) is 5.49. The molecule has 7 heteroatoms. The number of para-hydroxylation sites is 2. The van der Waals surface area contributed by atoms with E-state index in [1.807, 2.05) is 13.0 Å². The second kappa shape index (κ2) is 8.78. The van der Waals surface area contributed by atoms with Gasteiger partial charge in [-0.3, -0.25) is 0 Å². The zero-order valence-electron chi connectivity index (χ0n) is 14.3. The van der Waals surface area contributed by atoms with Gasteiger partial charge in [-0.05, 0) is 31.2 Å². The molecular weight excluding hydrogens is 360 g/mol. The number of hydrogen-bond acceptors (Lipinski definition) is 6. The van der Waals surface area contributed by atoms with E-state index in [2.05, 4.69) is 0 Å². The molecule has 0 aliphatic carbocycles. The first-order valence-electron chi connectivity index (χ1n) is 8.19. The van der Waals surface area contributed by atoms with E-state index < -0.39 is 5.97 Å². The largest absolute Gasteiger partial charge is 0.490 e. The van der Waals surface area contributed by atoms with Crippen molar-refractivity contribution < 1.29 is 28.5 Å². The maximum atomic E-state index is 12.0. The fourth-order valence-corrected chi connectivity index (χ4v) is 2.81. The third-order valence-electron chi connectivity index (χ3n) is 3.63. The zero-order chi connectivity index (χ0) is 18.4. The van der Waals surface area contributed by atoms with Crippen molar-refractivity contribution in [3.63, 3.8) is 0 Å². The molecule has 0 saturated carbocycles. The molecule has 6 nitrogen and oxygen atoms in total. The molecule has 0 unspecified atom stereocenters. The van der Waals surface area contributed by atoms with Crippen LogP contribution in [0.3, 0.4) is 0 Å². The summed E-state index contributed by atoms with van der Waals surface area (Å²) in [6, 6.07) is 10.6. The summed E-state index contributed by atoms with van der Waals surface area (Å²) in [5.41, 5.74) is 1.52. The summed E-state index contributed by atoms with van der Waals surface area (Å²) >= 11 is 6.10. The first kappa shape index (κ1) is 18.4. The van der Waals surface area contributed by atoms with Crippen molar-refractivity contribution in [3.05, 3.63) is 52.5 Å². The Labute approximate surface area is 156 Å². The molecule has 0 N–H and O–H groups in total. The third kappa shape index (κ3) is 4.59. The molecule has 0 radical (unpaired) electrons. The lowest BCUT2D eigenvalue weighted by Gasteiger charge is -2.21. The molecule has 1 aliphatic rings. The van der Waals surface area contributed by atoms with Gasteiger partial charge in [-0.1, -0.05) is 23.7 Å². The van der Waals surface area contributed by atoms with Gasteiger partial charge in [0.2, 0.25) is 0 Å². The lowest BCUT2D eigenvalue weighted by atomic mass is 10.1. The van der Waals surface area contributed by atoms with Gasteiger partial charge < -0.3 is 23.7 Å². The maximum absolute atomic E-state index is 12.0. The van der Waals surface area contributed by atoms with Gasteiger partial charge in [-0.2, -0.15) is 0 Å². The normalized spacial score (nSPS) is 12.7. The molecule has 3 rings (SSSR count). The summed E-state index contributed by atoms with van der Waals surface area (Å²) in [5.74, 6) is 1.22. The van der Waals surface area contributed by atoms with Crippen LogP contribution < -0.4 is 14.2 Å². The van der Waals surface area contributed by atoms with E-state index >= 15 is 0 Å². The lowest BCUT2D eigenvalue weighted by molar-refractivity contribution is -0.147. The van der Waals surface area contributed by atoms with Crippen LogP contribution in [0, 0.1) is 0 Å². The average Bonchev–Trinajstić information content (AvgIpc) is 2.65. The van der Waals surface area contributed by atoms with Crippen LogP contribution in [0.25, 0.3) is 0 Å². The Hall–Kier alpha value is -2.44. The van der Waals surface area contributed by atoms with Gasteiger partial charge in [0.1, 0.15) is 12.4 Å². The van der Waals surface area contributed by atoms with E-state index in [4.69, 9.17) is 35.3 Å². The number of carbonyl (C=O) groups excluding carboxylic acids is 1. The van der Waals surface area contributed by atoms with Crippen LogP contribution in [0.5, 0.6) is 17.2 Å². The SMILES string of the molecule is CCOc1ccccc1OCC(=O)OCc1cc(Cl)cc2c1OCOC2. The Bertz CT molecular complexity index is 777. The molecule has 0 spiro atoms. The average molecular weight is 379 g/mol. The van der Waals surface area contributed by atoms with Gasteiger partial charge in [0, 0.05) is 16.1 Å². The Morgan fingerprint density at radius 2 is 1.96 bits per heavy atom. The standard InChI is InChI=1S/C19H19ClO6/c1-2-23-16-5-3-4-6-17(16)24-11-18(21)25-10-14-8-15(20)7-13-9-22-12-26-19(13)14/h3-8H,2,9-12H2,1H3. The van der Waals surface area contributed by atoms with Crippen molar-refractivity contribution >= 4 is 17.6 Å². The molecule has 1 heterocycles.